The summed E-state index contributed by atoms with van der Waals surface area (Å²) >= 11 is 0. The van der Waals surface area contributed by atoms with Crippen molar-refractivity contribution in [1.82, 2.24) is 9.78 Å². The number of carbonyl (C=O) groups is 1. The zero-order valence-corrected chi connectivity index (χ0v) is 12.1. The molecule has 0 bridgehead atoms. The van der Waals surface area contributed by atoms with Crippen molar-refractivity contribution in [3.8, 4) is 0 Å². The fourth-order valence-electron chi connectivity index (χ4n) is 2.48. The molecule has 1 aliphatic rings. The predicted octanol–water partition coefficient (Wildman–Crippen LogP) is 2.36. The third kappa shape index (κ3) is 3.31. The molecule has 0 spiro atoms. The predicted molar refractivity (Wildman–Crippen MR) is 80.1 cm³/mol. The molecular formula is C16H19N3O2. The molecule has 3 rings (SSSR count). The van der Waals surface area contributed by atoms with E-state index >= 15 is 0 Å². The highest BCUT2D eigenvalue weighted by molar-refractivity contribution is 5.93. The number of nitrogens with one attached hydrogen (secondary N) is 1. The van der Waals surface area contributed by atoms with Crippen LogP contribution in [0.3, 0.4) is 0 Å². The van der Waals surface area contributed by atoms with Crippen LogP contribution in [0.15, 0.2) is 36.4 Å². The number of aryl methyl sites for hydroxylation is 1. The van der Waals surface area contributed by atoms with Crippen LogP contribution >= 0.6 is 0 Å². The zero-order chi connectivity index (χ0) is 14.7. The topological polar surface area (TPSA) is 56.1 Å². The molecule has 1 saturated heterocycles. The van der Waals surface area contributed by atoms with Crippen molar-refractivity contribution >= 4 is 11.7 Å². The van der Waals surface area contributed by atoms with Crippen molar-refractivity contribution in [2.75, 3.05) is 11.9 Å². The number of ether oxygens (including phenoxy) is 1. The first-order chi connectivity index (χ1) is 10.2. The van der Waals surface area contributed by atoms with Gasteiger partial charge in [0.15, 0.2) is 5.82 Å². The van der Waals surface area contributed by atoms with Gasteiger partial charge in [-0.25, -0.2) is 0 Å². The average molecular weight is 285 g/mol. The van der Waals surface area contributed by atoms with Crippen LogP contribution in [-0.2, 0) is 16.1 Å². The monoisotopic (exact) mass is 285 g/mol. The molecule has 2 heterocycles. The van der Waals surface area contributed by atoms with Crippen molar-refractivity contribution in [3.05, 3.63) is 47.7 Å². The van der Waals surface area contributed by atoms with Crippen LogP contribution in [0.4, 0.5) is 5.82 Å². The van der Waals surface area contributed by atoms with Gasteiger partial charge in [-0.15, -0.1) is 0 Å². The minimum atomic E-state index is -0.329. The van der Waals surface area contributed by atoms with Crippen LogP contribution in [-0.4, -0.2) is 28.4 Å². The first-order valence-corrected chi connectivity index (χ1v) is 7.23. The van der Waals surface area contributed by atoms with E-state index in [1.807, 2.05) is 35.9 Å². The Bertz CT molecular complexity index is 616. The van der Waals surface area contributed by atoms with Gasteiger partial charge < -0.3 is 10.1 Å². The van der Waals surface area contributed by atoms with Gasteiger partial charge in [-0.05, 0) is 25.3 Å². The summed E-state index contributed by atoms with van der Waals surface area (Å²) in [5.41, 5.74) is 2.20. The molecule has 110 valence electrons. The molecule has 0 radical (unpaired) electrons. The lowest BCUT2D eigenvalue weighted by Crippen LogP contribution is -2.27. The van der Waals surface area contributed by atoms with Crippen molar-refractivity contribution in [1.29, 1.82) is 0 Å². The SMILES string of the molecule is Cc1cc(NC(=O)C2CCCO2)nn1Cc1ccccc1. The molecule has 1 atom stereocenters. The largest absolute Gasteiger partial charge is 0.368 e. The number of nitrogens with zero attached hydrogens (tertiary/aromatic N) is 2. The van der Waals surface area contributed by atoms with E-state index in [-0.39, 0.29) is 12.0 Å². The molecule has 1 fully saturated rings. The van der Waals surface area contributed by atoms with E-state index < -0.39 is 0 Å². The van der Waals surface area contributed by atoms with Crippen molar-refractivity contribution in [2.24, 2.45) is 0 Å². The fourth-order valence-corrected chi connectivity index (χ4v) is 2.48. The Morgan fingerprint density at radius 2 is 2.24 bits per heavy atom. The van der Waals surface area contributed by atoms with Crippen LogP contribution in [0.25, 0.3) is 0 Å². The smallest absolute Gasteiger partial charge is 0.254 e. The molecule has 1 unspecified atom stereocenters. The molecular weight excluding hydrogens is 266 g/mol. The summed E-state index contributed by atoms with van der Waals surface area (Å²) in [4.78, 5) is 12.0. The van der Waals surface area contributed by atoms with Crippen LogP contribution < -0.4 is 5.32 Å². The number of carbonyl (C=O) groups excluding carboxylic acids is 1. The van der Waals surface area contributed by atoms with Gasteiger partial charge in [-0.1, -0.05) is 30.3 Å². The first-order valence-electron chi connectivity index (χ1n) is 7.23. The van der Waals surface area contributed by atoms with E-state index in [9.17, 15) is 4.79 Å². The van der Waals surface area contributed by atoms with Crippen molar-refractivity contribution in [2.45, 2.75) is 32.4 Å². The highest BCUT2D eigenvalue weighted by atomic mass is 16.5. The Balaban J connectivity index is 1.67. The van der Waals surface area contributed by atoms with Gasteiger partial charge in [0.25, 0.3) is 5.91 Å². The van der Waals surface area contributed by atoms with Gasteiger partial charge >= 0.3 is 0 Å². The standard InChI is InChI=1S/C16H19N3O2/c1-12-10-15(17-16(20)14-8-5-9-21-14)18-19(12)11-13-6-3-2-4-7-13/h2-4,6-7,10,14H,5,8-9,11H2,1H3,(H,17,18,20). The second-order valence-electron chi connectivity index (χ2n) is 5.31. The summed E-state index contributed by atoms with van der Waals surface area (Å²) in [6.07, 6.45) is 1.40. The zero-order valence-electron chi connectivity index (χ0n) is 12.1. The van der Waals surface area contributed by atoms with E-state index in [4.69, 9.17) is 4.74 Å². The molecule has 1 amide bonds. The lowest BCUT2D eigenvalue weighted by molar-refractivity contribution is -0.124. The quantitative estimate of drug-likeness (QED) is 0.938. The second-order valence-corrected chi connectivity index (χ2v) is 5.31. The van der Waals surface area contributed by atoms with Gasteiger partial charge in [0.1, 0.15) is 6.10 Å². The number of amides is 1. The Morgan fingerprint density at radius 1 is 1.43 bits per heavy atom. The number of aromatic nitrogens is 2. The van der Waals surface area contributed by atoms with Gasteiger partial charge in [-0.2, -0.15) is 5.10 Å². The molecule has 1 aliphatic heterocycles. The van der Waals surface area contributed by atoms with Crippen molar-refractivity contribution < 1.29 is 9.53 Å². The number of hydrogen-bond donors (Lipinski definition) is 1. The molecule has 0 aliphatic carbocycles. The summed E-state index contributed by atoms with van der Waals surface area (Å²) in [5.74, 6) is 0.487. The molecule has 21 heavy (non-hydrogen) atoms. The van der Waals surface area contributed by atoms with Gasteiger partial charge in [0.2, 0.25) is 0 Å². The molecule has 1 aromatic carbocycles. The summed E-state index contributed by atoms with van der Waals surface area (Å²) < 4.78 is 7.26. The number of benzene rings is 1. The van der Waals surface area contributed by atoms with Crippen LogP contribution in [0.5, 0.6) is 0 Å². The number of hydrogen-bond acceptors (Lipinski definition) is 3. The Kier molecular flexibility index (Phi) is 4.01. The fraction of sp³-hybridized carbons (Fsp3) is 0.375. The summed E-state index contributed by atoms with van der Waals surface area (Å²) in [7, 11) is 0. The maximum absolute atomic E-state index is 12.0. The molecule has 1 aromatic heterocycles. The highest BCUT2D eigenvalue weighted by Gasteiger charge is 2.24. The summed E-state index contributed by atoms with van der Waals surface area (Å²) in [6.45, 7) is 3.35. The first kappa shape index (κ1) is 13.8. The highest BCUT2D eigenvalue weighted by Crippen LogP contribution is 2.16. The van der Waals surface area contributed by atoms with E-state index in [2.05, 4.69) is 22.5 Å². The van der Waals surface area contributed by atoms with Gasteiger partial charge in [0, 0.05) is 18.4 Å². The Hall–Kier alpha value is -2.14. The summed E-state index contributed by atoms with van der Waals surface area (Å²) in [5, 5.41) is 7.28. The lowest BCUT2D eigenvalue weighted by atomic mass is 10.2. The van der Waals surface area contributed by atoms with Gasteiger partial charge in [0.05, 0.1) is 6.54 Å². The Labute approximate surface area is 123 Å². The van der Waals surface area contributed by atoms with E-state index in [0.717, 1.165) is 18.5 Å². The summed E-state index contributed by atoms with van der Waals surface area (Å²) in [6, 6.07) is 12.0. The normalized spacial score (nSPS) is 17.9. The molecule has 2 aromatic rings. The second kappa shape index (κ2) is 6.10. The van der Waals surface area contributed by atoms with Gasteiger partial charge in [-0.3, -0.25) is 9.48 Å². The molecule has 5 heteroatoms. The van der Waals surface area contributed by atoms with E-state index in [1.54, 1.807) is 0 Å². The number of rotatable bonds is 4. The molecule has 5 nitrogen and oxygen atoms in total. The third-order valence-corrected chi connectivity index (χ3v) is 3.63. The maximum Gasteiger partial charge on any atom is 0.254 e. The Morgan fingerprint density at radius 3 is 2.95 bits per heavy atom. The van der Waals surface area contributed by atoms with Crippen LogP contribution in [0.1, 0.15) is 24.1 Å². The third-order valence-electron chi connectivity index (χ3n) is 3.63. The van der Waals surface area contributed by atoms with Crippen LogP contribution in [0, 0.1) is 6.92 Å². The van der Waals surface area contributed by atoms with Crippen LogP contribution in [0.2, 0.25) is 0 Å². The number of anilines is 1. The maximum atomic E-state index is 12.0. The average Bonchev–Trinajstić information content (AvgIpc) is 3.11. The minimum absolute atomic E-state index is 0.100. The van der Waals surface area contributed by atoms with E-state index in [1.165, 1.54) is 5.56 Å². The van der Waals surface area contributed by atoms with E-state index in [0.29, 0.717) is 19.0 Å². The lowest BCUT2D eigenvalue weighted by Gasteiger charge is -2.08. The van der Waals surface area contributed by atoms with Crippen molar-refractivity contribution in [3.63, 3.8) is 0 Å². The molecule has 1 N–H and O–H groups in total. The minimum Gasteiger partial charge on any atom is -0.368 e. The molecule has 0 saturated carbocycles.